The standard InChI is InChI=1S/C8H12F2.C4H4O.CH3.W/c1-6(2)4-5-7(3)8(9)10;1-2-4-5-3-1;;/h1,4-5H2,2-3H3;1-4H;1H3;/q;;-1;. The van der Waals surface area contributed by atoms with Gasteiger partial charge in [0.25, 0.3) is 6.08 Å². The molecule has 17 heavy (non-hydrogen) atoms. The number of furan rings is 1. The van der Waals surface area contributed by atoms with E-state index >= 15 is 0 Å². The Labute approximate surface area is 117 Å². The minimum Gasteiger partial charge on any atom is -0.473 e. The molecule has 0 aromatic carbocycles. The minimum absolute atomic E-state index is 0. The summed E-state index contributed by atoms with van der Waals surface area (Å²) in [4.78, 5) is 0. The molecule has 0 saturated carbocycles. The Morgan fingerprint density at radius 1 is 1.12 bits per heavy atom. The average molecular weight is 413 g/mol. The summed E-state index contributed by atoms with van der Waals surface area (Å²) in [6.45, 7) is 6.90. The van der Waals surface area contributed by atoms with E-state index in [2.05, 4.69) is 11.0 Å². The number of hydrogen-bond donors (Lipinski definition) is 0. The smallest absolute Gasteiger partial charge is 0.269 e. The first-order valence-electron chi connectivity index (χ1n) is 4.66. The molecule has 0 amide bonds. The molecule has 0 unspecified atom stereocenters. The first kappa shape index (κ1) is 21.6. The predicted octanol–water partition coefficient (Wildman–Crippen LogP) is 5.24. The first-order valence-corrected chi connectivity index (χ1v) is 4.66. The van der Waals surface area contributed by atoms with Crippen LogP contribution in [-0.2, 0) is 21.1 Å². The van der Waals surface area contributed by atoms with Crippen LogP contribution in [0.25, 0.3) is 0 Å². The van der Waals surface area contributed by atoms with Gasteiger partial charge < -0.3 is 11.8 Å². The van der Waals surface area contributed by atoms with Crippen molar-refractivity contribution in [3.63, 3.8) is 0 Å². The van der Waals surface area contributed by atoms with E-state index in [4.69, 9.17) is 0 Å². The Balaban J connectivity index is -0.000000238. The molecular formula is C13H19F2OW-. The van der Waals surface area contributed by atoms with E-state index in [1.807, 2.05) is 19.1 Å². The fourth-order valence-electron chi connectivity index (χ4n) is 0.722. The van der Waals surface area contributed by atoms with Crippen molar-refractivity contribution in [1.29, 1.82) is 0 Å². The monoisotopic (exact) mass is 413 g/mol. The summed E-state index contributed by atoms with van der Waals surface area (Å²) in [5, 5.41) is 0. The van der Waals surface area contributed by atoms with E-state index in [0.717, 1.165) is 5.57 Å². The summed E-state index contributed by atoms with van der Waals surface area (Å²) < 4.78 is 28.0. The van der Waals surface area contributed by atoms with Gasteiger partial charge in [0, 0.05) is 21.1 Å². The van der Waals surface area contributed by atoms with Gasteiger partial charge in [0.15, 0.2) is 0 Å². The summed E-state index contributed by atoms with van der Waals surface area (Å²) in [7, 11) is 0. The van der Waals surface area contributed by atoms with Crippen molar-refractivity contribution in [1.82, 2.24) is 0 Å². The zero-order valence-corrected chi connectivity index (χ0v) is 13.4. The fourth-order valence-corrected chi connectivity index (χ4v) is 0.722. The number of hydrogen-bond acceptors (Lipinski definition) is 1. The van der Waals surface area contributed by atoms with Crippen LogP contribution < -0.4 is 0 Å². The topological polar surface area (TPSA) is 13.1 Å². The van der Waals surface area contributed by atoms with Crippen LogP contribution in [0.15, 0.2) is 52.9 Å². The van der Waals surface area contributed by atoms with Gasteiger partial charge in [-0.2, -0.15) is 8.78 Å². The molecule has 0 aliphatic rings. The van der Waals surface area contributed by atoms with Crippen LogP contribution in [0.5, 0.6) is 0 Å². The van der Waals surface area contributed by atoms with Gasteiger partial charge in [-0.1, -0.05) is 5.57 Å². The SMILES string of the molecule is C=C(C)CCC(C)=C(F)F.[CH3-].[W].c1ccoc1. The van der Waals surface area contributed by atoms with Crippen molar-refractivity contribution in [2.24, 2.45) is 0 Å². The van der Waals surface area contributed by atoms with E-state index in [9.17, 15) is 8.78 Å². The Morgan fingerprint density at radius 2 is 1.59 bits per heavy atom. The van der Waals surface area contributed by atoms with Gasteiger partial charge in [0.1, 0.15) is 0 Å². The maximum Gasteiger partial charge on any atom is 0.269 e. The second kappa shape index (κ2) is 13.4. The third-order valence-corrected chi connectivity index (χ3v) is 1.67. The molecule has 0 fully saturated rings. The van der Waals surface area contributed by atoms with E-state index in [1.54, 1.807) is 12.5 Å². The number of rotatable bonds is 3. The van der Waals surface area contributed by atoms with Crippen LogP contribution in [0.1, 0.15) is 26.7 Å². The van der Waals surface area contributed by atoms with Crippen molar-refractivity contribution in [3.05, 3.63) is 55.9 Å². The van der Waals surface area contributed by atoms with E-state index in [1.165, 1.54) is 6.92 Å². The third-order valence-electron chi connectivity index (χ3n) is 1.67. The predicted molar refractivity (Wildman–Crippen MR) is 64.1 cm³/mol. The Morgan fingerprint density at radius 3 is 1.82 bits per heavy atom. The van der Waals surface area contributed by atoms with Gasteiger partial charge in [-0.05, 0) is 44.4 Å². The van der Waals surface area contributed by atoms with Gasteiger partial charge in [-0.25, -0.2) is 0 Å². The largest absolute Gasteiger partial charge is 0.473 e. The maximum atomic E-state index is 11.7. The summed E-state index contributed by atoms with van der Waals surface area (Å²) in [6.07, 6.45) is 2.78. The minimum atomic E-state index is -1.55. The van der Waals surface area contributed by atoms with Crippen LogP contribution in [0.3, 0.4) is 0 Å². The molecule has 1 nitrogen and oxygen atoms in total. The summed E-state index contributed by atoms with van der Waals surface area (Å²) >= 11 is 0. The molecule has 0 aliphatic heterocycles. The van der Waals surface area contributed by atoms with Gasteiger partial charge in [0.05, 0.1) is 12.5 Å². The van der Waals surface area contributed by atoms with Gasteiger partial charge >= 0.3 is 0 Å². The summed E-state index contributed by atoms with van der Waals surface area (Å²) in [5.41, 5.74) is 1.11. The molecule has 0 radical (unpaired) electrons. The molecular weight excluding hydrogens is 394 g/mol. The van der Waals surface area contributed by atoms with Crippen molar-refractivity contribution < 1.29 is 34.3 Å². The van der Waals surface area contributed by atoms with Crippen molar-refractivity contribution in [3.8, 4) is 0 Å². The molecule has 1 heterocycles. The van der Waals surface area contributed by atoms with Crippen LogP contribution in [0.2, 0.25) is 0 Å². The van der Waals surface area contributed by atoms with Crippen molar-refractivity contribution >= 4 is 0 Å². The Kier molecular flexibility index (Phi) is 17.0. The van der Waals surface area contributed by atoms with Crippen LogP contribution in [-0.4, -0.2) is 0 Å². The van der Waals surface area contributed by atoms with Gasteiger partial charge in [-0.3, -0.25) is 0 Å². The van der Waals surface area contributed by atoms with Crippen LogP contribution >= 0.6 is 0 Å². The molecule has 1 rings (SSSR count). The molecule has 0 spiro atoms. The molecule has 0 N–H and O–H groups in total. The molecule has 0 saturated heterocycles. The number of allylic oxidation sites excluding steroid dienone is 2. The van der Waals surface area contributed by atoms with Crippen LogP contribution in [0.4, 0.5) is 8.78 Å². The zero-order chi connectivity index (χ0) is 11.7. The second-order valence-electron chi connectivity index (χ2n) is 3.29. The molecule has 0 atom stereocenters. The molecule has 0 aliphatic carbocycles. The molecule has 4 heteroatoms. The summed E-state index contributed by atoms with van der Waals surface area (Å²) in [5.74, 6) is 0. The normalized spacial score (nSPS) is 7.76. The van der Waals surface area contributed by atoms with Gasteiger partial charge in [-0.15, -0.1) is 6.58 Å². The van der Waals surface area contributed by atoms with Crippen molar-refractivity contribution in [2.45, 2.75) is 26.7 Å². The van der Waals surface area contributed by atoms with Gasteiger partial charge in [0.2, 0.25) is 0 Å². The van der Waals surface area contributed by atoms with E-state index in [-0.39, 0.29) is 34.1 Å². The third kappa shape index (κ3) is 15.3. The van der Waals surface area contributed by atoms with E-state index in [0.29, 0.717) is 12.8 Å². The molecule has 1 aromatic rings. The molecule has 98 valence electrons. The van der Waals surface area contributed by atoms with Crippen molar-refractivity contribution in [2.75, 3.05) is 0 Å². The molecule has 0 bridgehead atoms. The molecule has 1 aromatic heterocycles. The fraction of sp³-hybridized carbons (Fsp3) is 0.308. The zero-order valence-electron chi connectivity index (χ0n) is 10.5. The Bertz CT molecular complexity index is 284. The van der Waals surface area contributed by atoms with Crippen LogP contribution in [0, 0.1) is 7.43 Å². The number of halogens is 2. The quantitative estimate of drug-likeness (QED) is 0.488. The van der Waals surface area contributed by atoms with E-state index < -0.39 is 6.08 Å². The summed E-state index contributed by atoms with van der Waals surface area (Å²) in [6, 6.07) is 3.67. The average Bonchev–Trinajstić information content (AvgIpc) is 2.71. The second-order valence-corrected chi connectivity index (χ2v) is 3.29. The Hall–Kier alpha value is -0.692. The maximum absolute atomic E-state index is 11.7. The first-order chi connectivity index (χ1) is 7.04.